The van der Waals surface area contributed by atoms with Crippen molar-refractivity contribution in [3.8, 4) is 0 Å². The molecule has 2 rings (SSSR count). The summed E-state index contributed by atoms with van der Waals surface area (Å²) in [5.41, 5.74) is 0.920. The van der Waals surface area contributed by atoms with E-state index >= 15 is 0 Å². The van der Waals surface area contributed by atoms with Gasteiger partial charge in [0.15, 0.2) is 0 Å². The number of benzene rings is 1. The van der Waals surface area contributed by atoms with Crippen LogP contribution < -0.4 is 10.0 Å². The molecule has 6 nitrogen and oxygen atoms in total. The lowest BCUT2D eigenvalue weighted by atomic mass is 10.2. The molecule has 0 aliphatic carbocycles. The molecule has 0 aliphatic heterocycles. The zero-order valence-electron chi connectivity index (χ0n) is 11.7. The van der Waals surface area contributed by atoms with Gasteiger partial charge in [-0.1, -0.05) is 6.08 Å². The summed E-state index contributed by atoms with van der Waals surface area (Å²) in [6.45, 7) is 3.59. The van der Waals surface area contributed by atoms with Gasteiger partial charge in [0.25, 0.3) is 5.91 Å². The van der Waals surface area contributed by atoms with Crippen LogP contribution in [0.3, 0.4) is 0 Å². The molecule has 0 atom stereocenters. The second-order valence-electron chi connectivity index (χ2n) is 4.36. The van der Waals surface area contributed by atoms with E-state index in [0.717, 1.165) is 0 Å². The molecule has 2 N–H and O–H groups in total. The minimum absolute atomic E-state index is 0.0901. The molecule has 1 aromatic heterocycles. The molecule has 114 valence electrons. The highest BCUT2D eigenvalue weighted by Crippen LogP contribution is 2.12. The number of nitrogens with zero attached hydrogens (tertiary/aromatic N) is 1. The van der Waals surface area contributed by atoms with E-state index in [1.165, 1.54) is 36.5 Å². The number of amides is 1. The summed E-state index contributed by atoms with van der Waals surface area (Å²) in [6, 6.07) is 9.08. The lowest BCUT2D eigenvalue weighted by Gasteiger charge is -2.07. The number of pyridine rings is 1. The molecule has 1 amide bonds. The predicted octanol–water partition coefficient (Wildman–Crippen LogP) is 1.80. The number of sulfonamides is 1. The second-order valence-corrected chi connectivity index (χ2v) is 6.13. The van der Waals surface area contributed by atoms with Crippen LogP contribution >= 0.6 is 0 Å². The Morgan fingerprint density at radius 1 is 1.23 bits per heavy atom. The lowest BCUT2D eigenvalue weighted by molar-refractivity contribution is 0.102. The summed E-state index contributed by atoms with van der Waals surface area (Å²) in [5.74, 6) is -0.337. The Labute approximate surface area is 129 Å². The molecule has 1 aromatic carbocycles. The molecule has 0 spiro atoms. The van der Waals surface area contributed by atoms with Crippen molar-refractivity contribution in [2.24, 2.45) is 0 Å². The molecule has 2 aromatic rings. The molecule has 0 aliphatic rings. The summed E-state index contributed by atoms with van der Waals surface area (Å²) in [5, 5.41) is 2.67. The van der Waals surface area contributed by atoms with Crippen LogP contribution in [0.25, 0.3) is 0 Å². The first-order valence-corrected chi connectivity index (χ1v) is 7.93. The van der Waals surface area contributed by atoms with E-state index in [1.54, 1.807) is 18.3 Å². The number of carbonyl (C=O) groups excluding carboxylic acids is 1. The summed E-state index contributed by atoms with van der Waals surface area (Å²) >= 11 is 0. The quantitative estimate of drug-likeness (QED) is 0.795. The van der Waals surface area contributed by atoms with E-state index in [0.29, 0.717) is 11.3 Å². The standard InChI is InChI=1S/C15H15N3O3S/c1-2-9-17-22(20,21)14-7-5-12(6-8-14)15(19)18-13-4-3-10-16-11-13/h2-8,10-11,17H,1,9H2,(H,18,19). The van der Waals surface area contributed by atoms with Crippen molar-refractivity contribution in [1.82, 2.24) is 9.71 Å². The molecule has 0 saturated carbocycles. The Hall–Kier alpha value is -2.51. The highest BCUT2D eigenvalue weighted by atomic mass is 32.2. The number of hydrogen-bond acceptors (Lipinski definition) is 4. The van der Waals surface area contributed by atoms with Crippen molar-refractivity contribution in [3.63, 3.8) is 0 Å². The molecule has 0 fully saturated rings. The Morgan fingerprint density at radius 3 is 2.55 bits per heavy atom. The van der Waals surface area contributed by atoms with Gasteiger partial charge in [-0.3, -0.25) is 9.78 Å². The fourth-order valence-corrected chi connectivity index (χ4v) is 2.68. The van der Waals surface area contributed by atoms with Gasteiger partial charge in [0.2, 0.25) is 10.0 Å². The first kappa shape index (κ1) is 15.9. The van der Waals surface area contributed by atoms with Gasteiger partial charge in [-0.25, -0.2) is 13.1 Å². The molecular weight excluding hydrogens is 302 g/mol. The molecule has 7 heteroatoms. The fraction of sp³-hybridized carbons (Fsp3) is 0.0667. The number of aromatic nitrogens is 1. The third kappa shape index (κ3) is 4.00. The minimum Gasteiger partial charge on any atom is -0.321 e. The molecule has 22 heavy (non-hydrogen) atoms. The van der Waals surface area contributed by atoms with Gasteiger partial charge in [-0.2, -0.15) is 0 Å². The summed E-state index contributed by atoms with van der Waals surface area (Å²) in [7, 11) is -3.59. The zero-order chi connectivity index (χ0) is 16.0. The second kappa shape index (κ2) is 6.97. The summed E-state index contributed by atoms with van der Waals surface area (Å²) < 4.78 is 26.1. The van der Waals surface area contributed by atoms with Crippen molar-refractivity contribution in [1.29, 1.82) is 0 Å². The van der Waals surface area contributed by atoms with Crippen molar-refractivity contribution >= 4 is 21.6 Å². The van der Waals surface area contributed by atoms with Crippen LogP contribution in [-0.4, -0.2) is 25.9 Å². The van der Waals surface area contributed by atoms with Crippen LogP contribution in [0.5, 0.6) is 0 Å². The third-order valence-electron chi connectivity index (χ3n) is 2.76. The van der Waals surface area contributed by atoms with Crippen molar-refractivity contribution in [3.05, 3.63) is 67.0 Å². The number of nitrogens with one attached hydrogen (secondary N) is 2. The fourth-order valence-electron chi connectivity index (χ4n) is 1.68. The van der Waals surface area contributed by atoms with Crippen LogP contribution in [0.4, 0.5) is 5.69 Å². The van der Waals surface area contributed by atoms with E-state index in [-0.39, 0.29) is 17.3 Å². The molecular formula is C15H15N3O3S. The van der Waals surface area contributed by atoms with Crippen molar-refractivity contribution < 1.29 is 13.2 Å². The first-order chi connectivity index (χ1) is 10.5. The maximum atomic E-state index is 12.0. The van der Waals surface area contributed by atoms with Gasteiger partial charge in [-0.15, -0.1) is 6.58 Å². The van der Waals surface area contributed by atoms with Gasteiger partial charge in [0.1, 0.15) is 0 Å². The highest BCUT2D eigenvalue weighted by Gasteiger charge is 2.14. The maximum absolute atomic E-state index is 12.0. The normalized spacial score (nSPS) is 10.9. The van der Waals surface area contributed by atoms with Gasteiger partial charge < -0.3 is 5.32 Å². The van der Waals surface area contributed by atoms with Crippen molar-refractivity contribution in [2.45, 2.75) is 4.90 Å². The summed E-state index contributed by atoms with van der Waals surface area (Å²) in [6.07, 6.45) is 4.58. The van der Waals surface area contributed by atoms with Crippen LogP contribution in [-0.2, 0) is 10.0 Å². The molecule has 0 radical (unpaired) electrons. The van der Waals surface area contributed by atoms with Crippen LogP contribution in [0.15, 0.2) is 66.3 Å². The van der Waals surface area contributed by atoms with Crippen LogP contribution in [0.1, 0.15) is 10.4 Å². The molecule has 0 bridgehead atoms. The van der Waals surface area contributed by atoms with Crippen molar-refractivity contribution in [2.75, 3.05) is 11.9 Å². The smallest absolute Gasteiger partial charge is 0.255 e. The van der Waals surface area contributed by atoms with Crippen LogP contribution in [0.2, 0.25) is 0 Å². The van der Waals surface area contributed by atoms with Gasteiger partial charge in [0, 0.05) is 18.3 Å². The van der Waals surface area contributed by atoms with E-state index < -0.39 is 10.0 Å². The van der Waals surface area contributed by atoms with Gasteiger partial charge >= 0.3 is 0 Å². The Morgan fingerprint density at radius 2 is 1.95 bits per heavy atom. The number of rotatable bonds is 6. The number of hydrogen-bond donors (Lipinski definition) is 2. The van der Waals surface area contributed by atoms with E-state index in [4.69, 9.17) is 0 Å². The molecule has 0 saturated heterocycles. The Bertz CT molecular complexity index is 756. The number of carbonyl (C=O) groups is 1. The Kier molecular flexibility index (Phi) is 5.03. The van der Waals surface area contributed by atoms with E-state index in [1.807, 2.05) is 0 Å². The average molecular weight is 317 g/mol. The number of anilines is 1. The predicted molar refractivity (Wildman–Crippen MR) is 84.0 cm³/mol. The maximum Gasteiger partial charge on any atom is 0.255 e. The lowest BCUT2D eigenvalue weighted by Crippen LogP contribution is -2.23. The van der Waals surface area contributed by atoms with Gasteiger partial charge in [0.05, 0.1) is 16.8 Å². The first-order valence-electron chi connectivity index (χ1n) is 6.45. The molecule has 1 heterocycles. The molecule has 0 unspecified atom stereocenters. The van der Waals surface area contributed by atoms with E-state index in [9.17, 15) is 13.2 Å². The zero-order valence-corrected chi connectivity index (χ0v) is 12.5. The summed E-state index contributed by atoms with van der Waals surface area (Å²) in [4.78, 5) is 16.0. The van der Waals surface area contributed by atoms with Crippen LogP contribution in [0, 0.1) is 0 Å². The monoisotopic (exact) mass is 317 g/mol. The Balaban J connectivity index is 2.11. The third-order valence-corrected chi connectivity index (χ3v) is 4.20. The topological polar surface area (TPSA) is 88.2 Å². The average Bonchev–Trinajstić information content (AvgIpc) is 2.54. The largest absolute Gasteiger partial charge is 0.321 e. The SMILES string of the molecule is C=CCNS(=O)(=O)c1ccc(C(=O)Nc2cccnc2)cc1. The minimum atomic E-state index is -3.59. The van der Waals surface area contributed by atoms with E-state index in [2.05, 4.69) is 21.6 Å². The highest BCUT2D eigenvalue weighted by molar-refractivity contribution is 7.89. The van der Waals surface area contributed by atoms with Gasteiger partial charge in [-0.05, 0) is 36.4 Å².